The Balaban J connectivity index is 2.36. The molecule has 0 amide bonds. The second-order valence-electron chi connectivity index (χ2n) is 5.20. The first kappa shape index (κ1) is 14.5. The second-order valence-corrected chi connectivity index (χ2v) is 5.20. The van der Waals surface area contributed by atoms with E-state index in [1.54, 1.807) is 6.08 Å². The summed E-state index contributed by atoms with van der Waals surface area (Å²) >= 11 is 0. The van der Waals surface area contributed by atoms with Gasteiger partial charge in [0, 0.05) is 5.41 Å². The molecule has 0 saturated heterocycles. The van der Waals surface area contributed by atoms with E-state index < -0.39 is 17.6 Å². The predicted molar refractivity (Wildman–Crippen MR) is 81.1 cm³/mol. The third kappa shape index (κ3) is 2.67. The first-order chi connectivity index (χ1) is 9.59. The third-order valence-electron chi connectivity index (χ3n) is 3.85. The lowest BCUT2D eigenvalue weighted by atomic mass is 9.74. The Morgan fingerprint density at radius 3 is 1.50 bits per heavy atom. The quantitative estimate of drug-likeness (QED) is 0.813. The smallest absolute Gasteiger partial charge is 0.0906 e. The van der Waals surface area contributed by atoms with Crippen LogP contribution in [-0.4, -0.2) is 10.2 Å². The molecule has 0 heterocycles. The fourth-order valence-corrected chi connectivity index (χ4v) is 2.36. The molecule has 0 radical (unpaired) electrons. The third-order valence-corrected chi connectivity index (χ3v) is 3.85. The van der Waals surface area contributed by atoms with Crippen LogP contribution in [0.25, 0.3) is 0 Å². The standard InChI is InChI=1S/C18H20O2/c1-3-18(2,16(19)14-10-6-4-7-11-14)17(20)15-12-8-5-9-13-15/h3-13,16-17,19-20H,1H2,2H3. The van der Waals surface area contributed by atoms with E-state index >= 15 is 0 Å². The van der Waals surface area contributed by atoms with Crippen LogP contribution in [0.2, 0.25) is 0 Å². The highest BCUT2D eigenvalue weighted by Crippen LogP contribution is 2.44. The molecule has 2 unspecified atom stereocenters. The van der Waals surface area contributed by atoms with Crippen LogP contribution in [0.3, 0.4) is 0 Å². The van der Waals surface area contributed by atoms with Gasteiger partial charge in [0.25, 0.3) is 0 Å². The summed E-state index contributed by atoms with van der Waals surface area (Å²) < 4.78 is 0. The number of rotatable bonds is 5. The molecule has 0 fully saturated rings. The molecule has 2 aromatic carbocycles. The lowest BCUT2D eigenvalue weighted by Gasteiger charge is -2.36. The van der Waals surface area contributed by atoms with Crippen molar-refractivity contribution in [1.29, 1.82) is 0 Å². The highest BCUT2D eigenvalue weighted by Gasteiger charge is 2.38. The first-order valence-corrected chi connectivity index (χ1v) is 6.69. The molecule has 2 rings (SSSR count). The largest absolute Gasteiger partial charge is 0.387 e. The van der Waals surface area contributed by atoms with Gasteiger partial charge >= 0.3 is 0 Å². The van der Waals surface area contributed by atoms with E-state index in [0.717, 1.165) is 11.1 Å². The van der Waals surface area contributed by atoms with Crippen molar-refractivity contribution in [2.24, 2.45) is 5.41 Å². The highest BCUT2D eigenvalue weighted by molar-refractivity contribution is 5.27. The molecule has 0 saturated carbocycles. The van der Waals surface area contributed by atoms with Crippen molar-refractivity contribution in [3.63, 3.8) is 0 Å². The average molecular weight is 268 g/mol. The summed E-state index contributed by atoms with van der Waals surface area (Å²) in [5.41, 5.74) is 0.678. The molecule has 0 aliphatic heterocycles. The summed E-state index contributed by atoms with van der Waals surface area (Å²) in [6, 6.07) is 18.7. The lowest BCUT2D eigenvalue weighted by Crippen LogP contribution is -2.30. The van der Waals surface area contributed by atoms with E-state index in [1.165, 1.54) is 0 Å². The van der Waals surface area contributed by atoms with Gasteiger partial charge in [0.15, 0.2) is 0 Å². The molecule has 0 bridgehead atoms. The van der Waals surface area contributed by atoms with Gasteiger partial charge in [-0.2, -0.15) is 0 Å². The van der Waals surface area contributed by atoms with Crippen LogP contribution < -0.4 is 0 Å². The maximum atomic E-state index is 10.6. The second kappa shape index (κ2) is 6.04. The van der Waals surface area contributed by atoms with Crippen LogP contribution >= 0.6 is 0 Å². The van der Waals surface area contributed by atoms with E-state index in [9.17, 15) is 10.2 Å². The minimum atomic E-state index is -0.858. The number of aliphatic hydroxyl groups is 2. The van der Waals surface area contributed by atoms with Gasteiger partial charge in [0.2, 0.25) is 0 Å². The van der Waals surface area contributed by atoms with Crippen LogP contribution in [0.15, 0.2) is 73.3 Å². The molecule has 104 valence electrons. The molecule has 0 aliphatic carbocycles. The monoisotopic (exact) mass is 268 g/mol. The zero-order valence-corrected chi connectivity index (χ0v) is 11.6. The minimum Gasteiger partial charge on any atom is -0.387 e. The maximum Gasteiger partial charge on any atom is 0.0906 e. The summed E-state index contributed by atoms with van der Waals surface area (Å²) in [4.78, 5) is 0. The van der Waals surface area contributed by atoms with Crippen LogP contribution in [0.5, 0.6) is 0 Å². The van der Waals surface area contributed by atoms with E-state index in [2.05, 4.69) is 6.58 Å². The molecule has 0 spiro atoms. The Kier molecular flexibility index (Phi) is 4.38. The molecule has 0 aliphatic rings. The molecule has 20 heavy (non-hydrogen) atoms. The lowest BCUT2D eigenvalue weighted by molar-refractivity contribution is -0.0311. The summed E-state index contributed by atoms with van der Waals surface area (Å²) in [5.74, 6) is 0. The SMILES string of the molecule is C=CC(C)(C(O)c1ccccc1)C(O)c1ccccc1. The van der Waals surface area contributed by atoms with E-state index in [1.807, 2.05) is 67.6 Å². The Bertz CT molecular complexity index is 503. The summed E-state index contributed by atoms with van der Waals surface area (Å²) in [5, 5.41) is 21.3. The van der Waals surface area contributed by atoms with Gasteiger partial charge in [0.05, 0.1) is 12.2 Å². The van der Waals surface area contributed by atoms with Crippen molar-refractivity contribution in [2.75, 3.05) is 0 Å². The van der Waals surface area contributed by atoms with E-state index in [-0.39, 0.29) is 0 Å². The number of benzene rings is 2. The van der Waals surface area contributed by atoms with Crippen LogP contribution in [0.1, 0.15) is 30.3 Å². The molecular weight excluding hydrogens is 248 g/mol. The van der Waals surface area contributed by atoms with Crippen molar-refractivity contribution < 1.29 is 10.2 Å². The Labute approximate surface area is 120 Å². The molecule has 2 aromatic rings. The number of hydrogen-bond donors (Lipinski definition) is 2. The molecule has 2 nitrogen and oxygen atoms in total. The van der Waals surface area contributed by atoms with Crippen molar-refractivity contribution in [3.8, 4) is 0 Å². The van der Waals surface area contributed by atoms with Crippen molar-refractivity contribution >= 4 is 0 Å². The van der Waals surface area contributed by atoms with Crippen molar-refractivity contribution in [3.05, 3.63) is 84.4 Å². The van der Waals surface area contributed by atoms with Gasteiger partial charge in [-0.05, 0) is 11.1 Å². The summed E-state index contributed by atoms with van der Waals surface area (Å²) in [6.45, 7) is 5.62. The van der Waals surface area contributed by atoms with Gasteiger partial charge in [-0.15, -0.1) is 6.58 Å². The van der Waals surface area contributed by atoms with Crippen molar-refractivity contribution in [2.45, 2.75) is 19.1 Å². The van der Waals surface area contributed by atoms with Crippen LogP contribution in [-0.2, 0) is 0 Å². The number of aliphatic hydroxyl groups excluding tert-OH is 2. The molecule has 0 aromatic heterocycles. The van der Waals surface area contributed by atoms with Gasteiger partial charge in [0.1, 0.15) is 0 Å². The molecule has 2 N–H and O–H groups in total. The topological polar surface area (TPSA) is 40.5 Å². The molecule has 2 heteroatoms. The summed E-state index contributed by atoms with van der Waals surface area (Å²) in [7, 11) is 0. The number of hydrogen-bond acceptors (Lipinski definition) is 2. The maximum absolute atomic E-state index is 10.6. The van der Waals surface area contributed by atoms with Crippen LogP contribution in [0.4, 0.5) is 0 Å². The normalized spacial score (nSPS) is 16.9. The van der Waals surface area contributed by atoms with Crippen molar-refractivity contribution in [1.82, 2.24) is 0 Å². The average Bonchev–Trinajstić information content (AvgIpc) is 2.54. The zero-order valence-electron chi connectivity index (χ0n) is 11.6. The fourth-order valence-electron chi connectivity index (χ4n) is 2.36. The molecule has 2 atom stereocenters. The Morgan fingerprint density at radius 2 is 1.20 bits per heavy atom. The van der Waals surface area contributed by atoms with Gasteiger partial charge in [-0.1, -0.05) is 73.7 Å². The summed E-state index contributed by atoms with van der Waals surface area (Å²) in [6.07, 6.45) is -0.0182. The van der Waals surface area contributed by atoms with Gasteiger partial charge in [-0.25, -0.2) is 0 Å². The first-order valence-electron chi connectivity index (χ1n) is 6.69. The highest BCUT2D eigenvalue weighted by atomic mass is 16.3. The Hall–Kier alpha value is -1.90. The van der Waals surface area contributed by atoms with Crippen LogP contribution in [0, 0.1) is 5.41 Å². The Morgan fingerprint density at radius 1 is 0.850 bits per heavy atom. The van der Waals surface area contributed by atoms with E-state index in [0.29, 0.717) is 0 Å². The predicted octanol–water partition coefficient (Wildman–Crippen LogP) is 3.65. The molecular formula is C18H20O2. The van der Waals surface area contributed by atoms with Gasteiger partial charge in [-0.3, -0.25) is 0 Å². The van der Waals surface area contributed by atoms with Gasteiger partial charge < -0.3 is 10.2 Å². The fraction of sp³-hybridized carbons (Fsp3) is 0.222. The minimum absolute atomic E-state index is 0.768. The van der Waals surface area contributed by atoms with E-state index in [4.69, 9.17) is 0 Å². The zero-order chi connectivity index (χ0) is 14.6.